The maximum atomic E-state index is 10.1. The van der Waals surface area contributed by atoms with E-state index in [1.807, 2.05) is 17.8 Å². The number of hydrogen-bond acceptors (Lipinski definition) is 3. The number of aliphatic hydroxyl groups is 1. The fourth-order valence-corrected chi connectivity index (χ4v) is 3.02. The first kappa shape index (κ1) is 13.5. The molecule has 2 rings (SSSR count). The second kappa shape index (κ2) is 6.30. The van der Waals surface area contributed by atoms with E-state index in [0.29, 0.717) is 23.1 Å². The van der Waals surface area contributed by atoms with E-state index in [1.165, 1.54) is 0 Å². The molecule has 1 aliphatic rings. The lowest BCUT2D eigenvalue weighted by atomic mass is 10.0. The number of halogens is 2. The lowest BCUT2D eigenvalue weighted by Crippen LogP contribution is -2.36. The third-order valence-corrected chi connectivity index (χ3v) is 4.46. The molecule has 0 aromatic heterocycles. The van der Waals surface area contributed by atoms with Crippen molar-refractivity contribution in [3.63, 3.8) is 0 Å². The second-order valence-electron chi connectivity index (χ2n) is 4.00. The summed E-state index contributed by atoms with van der Waals surface area (Å²) < 4.78 is 5.54. The zero-order valence-electron chi connectivity index (χ0n) is 9.23. The van der Waals surface area contributed by atoms with Crippen molar-refractivity contribution >= 4 is 35.0 Å². The molecule has 1 saturated heterocycles. The van der Waals surface area contributed by atoms with Crippen molar-refractivity contribution < 1.29 is 9.84 Å². The molecule has 2 atom stereocenters. The molecular formula is C12H14Cl2O2S. The lowest BCUT2D eigenvalue weighted by Gasteiger charge is -2.26. The molecule has 0 aliphatic carbocycles. The van der Waals surface area contributed by atoms with E-state index >= 15 is 0 Å². The highest BCUT2D eigenvalue weighted by Crippen LogP contribution is 2.24. The normalized spacial score (nSPS) is 22.4. The minimum Gasteiger partial charge on any atom is -0.390 e. The average molecular weight is 293 g/mol. The summed E-state index contributed by atoms with van der Waals surface area (Å²) in [7, 11) is 0. The summed E-state index contributed by atoms with van der Waals surface area (Å²) in [6.07, 6.45) is -0.0227. The van der Waals surface area contributed by atoms with Gasteiger partial charge in [-0.25, -0.2) is 0 Å². The zero-order valence-corrected chi connectivity index (χ0v) is 11.6. The maximum absolute atomic E-state index is 10.1. The van der Waals surface area contributed by atoms with Gasteiger partial charge in [0.1, 0.15) is 0 Å². The molecule has 0 saturated carbocycles. The molecule has 2 nitrogen and oxygen atoms in total. The van der Waals surface area contributed by atoms with Crippen molar-refractivity contribution in [2.24, 2.45) is 0 Å². The Labute approximate surface area is 115 Å². The second-order valence-corrected chi connectivity index (χ2v) is 5.97. The van der Waals surface area contributed by atoms with Crippen LogP contribution in [0.1, 0.15) is 5.56 Å². The number of aliphatic hydroxyl groups excluding tert-OH is 1. The van der Waals surface area contributed by atoms with Gasteiger partial charge in [-0.1, -0.05) is 29.3 Å². The topological polar surface area (TPSA) is 29.5 Å². The summed E-state index contributed by atoms with van der Waals surface area (Å²) >= 11 is 13.6. The van der Waals surface area contributed by atoms with Crippen LogP contribution in [0.25, 0.3) is 0 Å². The third kappa shape index (κ3) is 3.76. The summed E-state index contributed by atoms with van der Waals surface area (Å²) in [4.78, 5) is 0. The van der Waals surface area contributed by atoms with Crippen LogP contribution >= 0.6 is 35.0 Å². The van der Waals surface area contributed by atoms with Crippen LogP contribution in [0.15, 0.2) is 18.2 Å². The van der Waals surface area contributed by atoms with E-state index in [0.717, 1.165) is 17.1 Å². The van der Waals surface area contributed by atoms with Crippen molar-refractivity contribution in [3.8, 4) is 0 Å². The molecule has 0 spiro atoms. The Balaban J connectivity index is 1.96. The molecule has 0 amide bonds. The van der Waals surface area contributed by atoms with E-state index in [4.69, 9.17) is 27.9 Å². The molecule has 0 bridgehead atoms. The standard InChI is InChI=1S/C12H14Cl2O2S/c13-9-2-1-8(5-10(9)14)6-11(15)12-7-17-4-3-16-12/h1-2,5,11-12,15H,3-4,6-7H2. The van der Waals surface area contributed by atoms with Crippen LogP contribution in [0.3, 0.4) is 0 Å². The molecule has 1 fully saturated rings. The number of rotatable bonds is 3. The minimum absolute atomic E-state index is 0.0804. The maximum Gasteiger partial charge on any atom is 0.0927 e. The molecule has 94 valence electrons. The predicted octanol–water partition coefficient (Wildman–Crippen LogP) is 3.03. The highest BCUT2D eigenvalue weighted by molar-refractivity contribution is 7.99. The van der Waals surface area contributed by atoms with Gasteiger partial charge in [-0.2, -0.15) is 11.8 Å². The van der Waals surface area contributed by atoms with Crippen molar-refractivity contribution in [2.75, 3.05) is 18.1 Å². The molecule has 1 heterocycles. The molecule has 1 N–H and O–H groups in total. The Morgan fingerprint density at radius 1 is 1.41 bits per heavy atom. The third-order valence-electron chi connectivity index (χ3n) is 2.70. The molecule has 2 unspecified atom stereocenters. The van der Waals surface area contributed by atoms with Gasteiger partial charge in [-0.3, -0.25) is 0 Å². The molecular weight excluding hydrogens is 279 g/mol. The van der Waals surface area contributed by atoms with E-state index in [9.17, 15) is 5.11 Å². The van der Waals surface area contributed by atoms with E-state index in [1.54, 1.807) is 12.1 Å². The Kier molecular flexibility index (Phi) is 5.00. The summed E-state index contributed by atoms with van der Waals surface area (Å²) in [6, 6.07) is 5.43. The fraction of sp³-hybridized carbons (Fsp3) is 0.500. The smallest absolute Gasteiger partial charge is 0.0927 e. The number of benzene rings is 1. The summed E-state index contributed by atoms with van der Waals surface area (Å²) in [5.41, 5.74) is 0.978. The summed E-state index contributed by atoms with van der Waals surface area (Å²) in [6.45, 7) is 0.716. The van der Waals surface area contributed by atoms with E-state index < -0.39 is 6.10 Å². The lowest BCUT2D eigenvalue weighted by molar-refractivity contribution is -0.0207. The van der Waals surface area contributed by atoms with Crippen LogP contribution < -0.4 is 0 Å². The number of hydrogen-bond donors (Lipinski definition) is 1. The first-order chi connectivity index (χ1) is 8.16. The largest absolute Gasteiger partial charge is 0.390 e. The van der Waals surface area contributed by atoms with Gasteiger partial charge >= 0.3 is 0 Å². The first-order valence-electron chi connectivity index (χ1n) is 5.48. The van der Waals surface area contributed by atoms with Crippen LogP contribution in [0.4, 0.5) is 0 Å². The van der Waals surface area contributed by atoms with Crippen molar-refractivity contribution in [2.45, 2.75) is 18.6 Å². The Hall–Kier alpha value is 0.0700. The van der Waals surface area contributed by atoms with Crippen LogP contribution in [-0.2, 0) is 11.2 Å². The van der Waals surface area contributed by atoms with Crippen LogP contribution in [0.2, 0.25) is 10.0 Å². The van der Waals surface area contributed by atoms with E-state index in [-0.39, 0.29) is 6.10 Å². The quantitative estimate of drug-likeness (QED) is 0.929. The first-order valence-corrected chi connectivity index (χ1v) is 7.39. The zero-order chi connectivity index (χ0) is 12.3. The van der Waals surface area contributed by atoms with Gasteiger partial charge in [0.25, 0.3) is 0 Å². The van der Waals surface area contributed by atoms with Gasteiger partial charge in [0.2, 0.25) is 0 Å². The predicted molar refractivity (Wildman–Crippen MR) is 73.2 cm³/mol. The highest BCUT2D eigenvalue weighted by atomic mass is 35.5. The molecule has 1 aromatic carbocycles. The van der Waals surface area contributed by atoms with Gasteiger partial charge in [0.15, 0.2) is 0 Å². The molecule has 0 radical (unpaired) electrons. The van der Waals surface area contributed by atoms with Crippen LogP contribution in [0, 0.1) is 0 Å². The summed E-state index contributed by atoms with van der Waals surface area (Å²) in [5.74, 6) is 1.86. The van der Waals surface area contributed by atoms with Gasteiger partial charge < -0.3 is 9.84 Å². The Morgan fingerprint density at radius 2 is 2.24 bits per heavy atom. The SMILES string of the molecule is OC(Cc1ccc(Cl)c(Cl)c1)C1CSCCO1. The minimum atomic E-state index is -0.486. The fourth-order valence-electron chi connectivity index (χ4n) is 1.77. The monoisotopic (exact) mass is 292 g/mol. The number of ether oxygens (including phenoxy) is 1. The van der Waals surface area contributed by atoms with Crippen molar-refractivity contribution in [1.29, 1.82) is 0 Å². The molecule has 17 heavy (non-hydrogen) atoms. The van der Waals surface area contributed by atoms with Gasteiger partial charge in [-0.15, -0.1) is 0 Å². The van der Waals surface area contributed by atoms with E-state index in [2.05, 4.69) is 0 Å². The van der Waals surface area contributed by atoms with Crippen molar-refractivity contribution in [1.82, 2.24) is 0 Å². The van der Waals surface area contributed by atoms with Crippen LogP contribution in [0.5, 0.6) is 0 Å². The average Bonchev–Trinajstić information content (AvgIpc) is 2.35. The molecule has 1 aromatic rings. The Morgan fingerprint density at radius 3 is 2.88 bits per heavy atom. The van der Waals surface area contributed by atoms with Gasteiger partial charge in [-0.05, 0) is 17.7 Å². The van der Waals surface area contributed by atoms with Gasteiger partial charge in [0.05, 0.1) is 28.9 Å². The Bertz CT molecular complexity index is 381. The molecule has 1 aliphatic heterocycles. The van der Waals surface area contributed by atoms with Crippen LogP contribution in [-0.4, -0.2) is 35.4 Å². The highest BCUT2D eigenvalue weighted by Gasteiger charge is 2.23. The summed E-state index contributed by atoms with van der Waals surface area (Å²) in [5, 5.41) is 11.1. The molecule has 5 heteroatoms. The van der Waals surface area contributed by atoms with Crippen molar-refractivity contribution in [3.05, 3.63) is 33.8 Å². The van der Waals surface area contributed by atoms with Gasteiger partial charge in [0, 0.05) is 17.9 Å². The number of thioether (sulfide) groups is 1.